The summed E-state index contributed by atoms with van der Waals surface area (Å²) in [5, 5.41) is 4.61. The van der Waals surface area contributed by atoms with Crippen LogP contribution in [-0.4, -0.2) is 58.1 Å². The fourth-order valence-corrected chi connectivity index (χ4v) is 3.60. The Kier molecular flexibility index (Phi) is 5.82. The molecule has 7 nitrogen and oxygen atoms in total. The van der Waals surface area contributed by atoms with Crippen molar-refractivity contribution in [3.63, 3.8) is 0 Å². The fraction of sp³-hybridized carbons (Fsp3) is 0.550. The molecule has 1 amide bonds. The van der Waals surface area contributed by atoms with Gasteiger partial charge in [0.05, 0.1) is 11.6 Å². The van der Waals surface area contributed by atoms with E-state index in [2.05, 4.69) is 15.0 Å². The zero-order valence-corrected chi connectivity index (χ0v) is 16.8. The van der Waals surface area contributed by atoms with Crippen molar-refractivity contribution in [2.75, 3.05) is 26.2 Å². The lowest BCUT2D eigenvalue weighted by Gasteiger charge is -2.25. The summed E-state index contributed by atoms with van der Waals surface area (Å²) >= 11 is 6.13. The molecule has 0 N–H and O–H groups in total. The van der Waals surface area contributed by atoms with Gasteiger partial charge in [0, 0.05) is 32.1 Å². The van der Waals surface area contributed by atoms with E-state index in [-0.39, 0.29) is 5.91 Å². The molecule has 0 radical (unpaired) electrons. The van der Waals surface area contributed by atoms with E-state index in [1.54, 1.807) is 19.1 Å². The maximum Gasteiger partial charge on any atom is 0.263 e. The van der Waals surface area contributed by atoms with E-state index in [0.717, 1.165) is 44.1 Å². The predicted octanol–water partition coefficient (Wildman–Crippen LogP) is 3.10. The van der Waals surface area contributed by atoms with Crippen LogP contribution in [0, 0.1) is 0 Å². The standard InChI is InChI=1S/C20H25ClN4O3/c1-14(27-17-6-3-2-5-16(17)21)20(26)25-10-4-9-24(11-12-25)13-18-22-19(28-23-18)15-7-8-15/h2-3,5-6,14-15H,4,7-13H2,1H3/t14-/m1/s1. The van der Waals surface area contributed by atoms with Crippen LogP contribution in [0.1, 0.15) is 43.8 Å². The van der Waals surface area contributed by atoms with Crippen LogP contribution in [-0.2, 0) is 11.3 Å². The summed E-state index contributed by atoms with van der Waals surface area (Å²) in [7, 11) is 0. The smallest absolute Gasteiger partial charge is 0.263 e. The first-order chi connectivity index (χ1) is 13.6. The van der Waals surface area contributed by atoms with Gasteiger partial charge in [-0.25, -0.2) is 0 Å². The molecule has 2 fully saturated rings. The molecule has 0 unspecified atom stereocenters. The van der Waals surface area contributed by atoms with Gasteiger partial charge in [-0.15, -0.1) is 0 Å². The lowest BCUT2D eigenvalue weighted by Crippen LogP contribution is -2.42. The van der Waals surface area contributed by atoms with Gasteiger partial charge in [0.2, 0.25) is 5.89 Å². The van der Waals surface area contributed by atoms with Gasteiger partial charge in [-0.05, 0) is 38.3 Å². The lowest BCUT2D eigenvalue weighted by atomic mass is 10.3. The zero-order valence-electron chi connectivity index (χ0n) is 16.0. The van der Waals surface area contributed by atoms with Gasteiger partial charge in [0.15, 0.2) is 11.9 Å². The Labute approximate surface area is 169 Å². The number of para-hydroxylation sites is 1. The van der Waals surface area contributed by atoms with Crippen LogP contribution in [0.15, 0.2) is 28.8 Å². The van der Waals surface area contributed by atoms with E-state index < -0.39 is 6.10 Å². The summed E-state index contributed by atoms with van der Waals surface area (Å²) in [4.78, 5) is 21.5. The molecule has 2 heterocycles. The maximum absolute atomic E-state index is 12.8. The molecule has 1 saturated heterocycles. The molecule has 8 heteroatoms. The highest BCUT2D eigenvalue weighted by Gasteiger charge is 2.30. The lowest BCUT2D eigenvalue weighted by molar-refractivity contribution is -0.137. The largest absolute Gasteiger partial charge is 0.479 e. The molecule has 1 aliphatic carbocycles. The third-order valence-electron chi connectivity index (χ3n) is 5.16. The summed E-state index contributed by atoms with van der Waals surface area (Å²) in [6.07, 6.45) is 2.62. The highest BCUT2D eigenvalue weighted by Crippen LogP contribution is 2.38. The van der Waals surface area contributed by atoms with Gasteiger partial charge in [-0.3, -0.25) is 9.69 Å². The van der Waals surface area contributed by atoms with Crippen molar-refractivity contribution < 1.29 is 14.1 Å². The molecule has 2 aliphatic rings. The second kappa shape index (κ2) is 8.49. The molecule has 0 bridgehead atoms. The third-order valence-corrected chi connectivity index (χ3v) is 5.48. The molecular formula is C20H25ClN4O3. The van der Waals surface area contributed by atoms with Crippen LogP contribution >= 0.6 is 11.6 Å². The molecule has 1 aromatic heterocycles. The van der Waals surface area contributed by atoms with Gasteiger partial charge >= 0.3 is 0 Å². The van der Waals surface area contributed by atoms with E-state index >= 15 is 0 Å². The molecular weight excluding hydrogens is 380 g/mol. The summed E-state index contributed by atoms with van der Waals surface area (Å²) in [6, 6.07) is 7.21. The highest BCUT2D eigenvalue weighted by atomic mass is 35.5. The fourth-order valence-electron chi connectivity index (χ4n) is 3.42. The Bertz CT molecular complexity index is 823. The Morgan fingerprint density at radius 2 is 2.11 bits per heavy atom. The van der Waals surface area contributed by atoms with Crippen molar-refractivity contribution >= 4 is 17.5 Å². The number of ether oxygens (including phenoxy) is 1. The second-order valence-electron chi connectivity index (χ2n) is 7.47. The molecule has 1 aromatic carbocycles. The van der Waals surface area contributed by atoms with E-state index in [0.29, 0.717) is 36.3 Å². The number of rotatable bonds is 6. The Hall–Kier alpha value is -2.12. The van der Waals surface area contributed by atoms with Crippen molar-refractivity contribution in [1.29, 1.82) is 0 Å². The Balaban J connectivity index is 1.30. The number of nitrogens with zero attached hydrogens (tertiary/aromatic N) is 4. The first-order valence-corrected chi connectivity index (χ1v) is 10.2. The summed E-state index contributed by atoms with van der Waals surface area (Å²) in [5.41, 5.74) is 0. The van der Waals surface area contributed by atoms with Crippen LogP contribution in [0.5, 0.6) is 5.75 Å². The summed E-state index contributed by atoms with van der Waals surface area (Å²) in [5.74, 6) is 2.49. The van der Waals surface area contributed by atoms with Gasteiger partial charge in [0.25, 0.3) is 5.91 Å². The van der Waals surface area contributed by atoms with Crippen molar-refractivity contribution in [2.24, 2.45) is 0 Å². The molecule has 150 valence electrons. The average molecular weight is 405 g/mol. The molecule has 0 spiro atoms. The molecule has 4 rings (SSSR count). The third kappa shape index (κ3) is 4.64. The SMILES string of the molecule is C[C@@H](Oc1ccccc1Cl)C(=O)N1CCCN(Cc2noc(C3CC3)n2)CC1. The number of amides is 1. The van der Waals surface area contributed by atoms with Gasteiger partial charge in [-0.2, -0.15) is 4.98 Å². The van der Waals surface area contributed by atoms with Gasteiger partial charge in [0.1, 0.15) is 5.75 Å². The molecule has 28 heavy (non-hydrogen) atoms. The van der Waals surface area contributed by atoms with Crippen molar-refractivity contribution in [3.05, 3.63) is 41.0 Å². The number of halogens is 1. The molecule has 1 aliphatic heterocycles. The monoisotopic (exact) mass is 404 g/mol. The number of carbonyl (C=O) groups excluding carboxylic acids is 1. The minimum absolute atomic E-state index is 0.0163. The number of aromatic nitrogens is 2. The minimum Gasteiger partial charge on any atom is -0.479 e. The van der Waals surface area contributed by atoms with Crippen molar-refractivity contribution in [1.82, 2.24) is 19.9 Å². The van der Waals surface area contributed by atoms with Crippen LogP contribution in [0.3, 0.4) is 0 Å². The van der Waals surface area contributed by atoms with Crippen LogP contribution < -0.4 is 4.74 Å². The number of benzene rings is 1. The number of carbonyl (C=O) groups is 1. The van der Waals surface area contributed by atoms with Crippen LogP contribution in [0.25, 0.3) is 0 Å². The van der Waals surface area contributed by atoms with E-state index in [1.807, 2.05) is 17.0 Å². The van der Waals surface area contributed by atoms with E-state index in [4.69, 9.17) is 20.9 Å². The maximum atomic E-state index is 12.8. The molecule has 2 aromatic rings. The molecule has 1 atom stereocenters. The normalized spacial score (nSPS) is 19.3. The highest BCUT2D eigenvalue weighted by molar-refractivity contribution is 6.32. The number of hydrogen-bond acceptors (Lipinski definition) is 6. The van der Waals surface area contributed by atoms with Crippen LogP contribution in [0.4, 0.5) is 0 Å². The molecule has 1 saturated carbocycles. The first-order valence-electron chi connectivity index (χ1n) is 9.85. The zero-order chi connectivity index (χ0) is 19.5. The first kappa shape index (κ1) is 19.2. The van der Waals surface area contributed by atoms with E-state index in [9.17, 15) is 4.79 Å². The Morgan fingerprint density at radius 3 is 2.89 bits per heavy atom. The average Bonchev–Trinajstić information content (AvgIpc) is 3.48. The topological polar surface area (TPSA) is 71.7 Å². The summed E-state index contributed by atoms with van der Waals surface area (Å²) in [6.45, 7) is 5.47. The quantitative estimate of drug-likeness (QED) is 0.736. The van der Waals surface area contributed by atoms with Crippen LogP contribution in [0.2, 0.25) is 5.02 Å². The Morgan fingerprint density at radius 1 is 1.29 bits per heavy atom. The van der Waals surface area contributed by atoms with Crippen molar-refractivity contribution in [3.8, 4) is 5.75 Å². The van der Waals surface area contributed by atoms with Crippen molar-refractivity contribution in [2.45, 2.75) is 44.8 Å². The predicted molar refractivity (Wildman–Crippen MR) is 104 cm³/mol. The summed E-state index contributed by atoms with van der Waals surface area (Å²) < 4.78 is 11.1. The minimum atomic E-state index is -0.579. The number of hydrogen-bond donors (Lipinski definition) is 0. The second-order valence-corrected chi connectivity index (χ2v) is 7.88. The van der Waals surface area contributed by atoms with E-state index in [1.165, 1.54) is 0 Å². The van der Waals surface area contributed by atoms with Gasteiger partial charge in [-0.1, -0.05) is 28.9 Å². The van der Waals surface area contributed by atoms with Gasteiger partial charge < -0.3 is 14.2 Å².